The van der Waals surface area contributed by atoms with Gasteiger partial charge in [0, 0.05) is 38.8 Å². The zero-order chi connectivity index (χ0) is 20.6. The Morgan fingerprint density at radius 3 is 2.64 bits per heavy atom. The highest BCUT2D eigenvalue weighted by molar-refractivity contribution is 5.80. The molecule has 0 atom stereocenters. The quantitative estimate of drug-likeness (QED) is 0.591. The number of aromatic nitrogens is 1. The van der Waals surface area contributed by atoms with E-state index in [2.05, 4.69) is 27.3 Å². The molecule has 2 heterocycles. The summed E-state index contributed by atoms with van der Waals surface area (Å²) in [5.41, 5.74) is 0.357. The SMILES string of the molecule is CCNC(=NCc1ccon1)N1CCC(CN(CC)C(=O)OC(C)(C)C)CC1. The van der Waals surface area contributed by atoms with Crippen LogP contribution in [0.1, 0.15) is 53.2 Å². The number of hydrogen-bond acceptors (Lipinski definition) is 5. The normalized spacial score (nSPS) is 16.2. The van der Waals surface area contributed by atoms with Gasteiger partial charge in [-0.25, -0.2) is 9.79 Å². The second kappa shape index (κ2) is 10.3. The fraction of sp³-hybridized carbons (Fsp3) is 0.750. The first-order chi connectivity index (χ1) is 13.3. The maximum Gasteiger partial charge on any atom is 0.410 e. The van der Waals surface area contributed by atoms with E-state index in [1.807, 2.05) is 38.7 Å². The molecule has 0 aliphatic carbocycles. The van der Waals surface area contributed by atoms with Gasteiger partial charge in [-0.2, -0.15) is 0 Å². The van der Waals surface area contributed by atoms with Gasteiger partial charge in [0.15, 0.2) is 5.96 Å². The fourth-order valence-electron chi connectivity index (χ4n) is 3.20. The van der Waals surface area contributed by atoms with Crippen molar-refractivity contribution in [2.75, 3.05) is 32.7 Å². The summed E-state index contributed by atoms with van der Waals surface area (Å²) in [6.07, 6.45) is 3.38. The number of likely N-dealkylation sites (tertiary alicyclic amines) is 1. The van der Waals surface area contributed by atoms with Crippen LogP contribution in [0.3, 0.4) is 0 Å². The standard InChI is InChI=1S/C20H35N5O3/c1-6-21-18(22-14-17-10-13-27-23-17)25-11-8-16(9-12-25)15-24(7-2)19(26)28-20(3,4)5/h10,13,16H,6-9,11-12,14-15H2,1-5H3,(H,21,22). The molecule has 1 saturated heterocycles. The number of aliphatic imine (C=N–C) groups is 1. The summed E-state index contributed by atoms with van der Waals surface area (Å²) in [5, 5.41) is 7.27. The molecule has 0 radical (unpaired) electrons. The highest BCUT2D eigenvalue weighted by Gasteiger charge is 2.27. The molecule has 8 heteroatoms. The number of nitrogens with one attached hydrogen (secondary N) is 1. The lowest BCUT2D eigenvalue weighted by Crippen LogP contribution is -2.47. The molecule has 1 aromatic heterocycles. The van der Waals surface area contributed by atoms with Crippen molar-refractivity contribution in [2.45, 2.75) is 59.6 Å². The Balaban J connectivity index is 1.87. The van der Waals surface area contributed by atoms with Crippen molar-refractivity contribution >= 4 is 12.1 Å². The minimum Gasteiger partial charge on any atom is -0.444 e. The molecular weight excluding hydrogens is 358 g/mol. The number of rotatable bonds is 6. The van der Waals surface area contributed by atoms with E-state index >= 15 is 0 Å². The van der Waals surface area contributed by atoms with E-state index in [1.54, 1.807) is 6.26 Å². The Kier molecular flexibility index (Phi) is 8.14. The van der Waals surface area contributed by atoms with Gasteiger partial charge in [-0.3, -0.25) is 0 Å². The van der Waals surface area contributed by atoms with Gasteiger partial charge in [-0.15, -0.1) is 0 Å². The molecule has 8 nitrogen and oxygen atoms in total. The molecule has 28 heavy (non-hydrogen) atoms. The van der Waals surface area contributed by atoms with Gasteiger partial charge in [-0.05, 0) is 53.4 Å². The van der Waals surface area contributed by atoms with Crippen LogP contribution in [-0.4, -0.2) is 65.3 Å². The molecule has 0 aromatic carbocycles. The topological polar surface area (TPSA) is 83.2 Å². The average Bonchev–Trinajstić information content (AvgIpc) is 3.16. The summed E-state index contributed by atoms with van der Waals surface area (Å²) in [6, 6.07) is 1.83. The smallest absolute Gasteiger partial charge is 0.410 e. The first-order valence-electron chi connectivity index (χ1n) is 10.2. The maximum atomic E-state index is 12.4. The maximum absolute atomic E-state index is 12.4. The van der Waals surface area contributed by atoms with Crippen LogP contribution in [0.5, 0.6) is 0 Å². The highest BCUT2D eigenvalue weighted by atomic mass is 16.6. The van der Waals surface area contributed by atoms with Gasteiger partial charge in [0.05, 0.1) is 6.54 Å². The van der Waals surface area contributed by atoms with Crippen molar-refractivity contribution in [1.82, 2.24) is 20.3 Å². The van der Waals surface area contributed by atoms with Gasteiger partial charge >= 0.3 is 6.09 Å². The van der Waals surface area contributed by atoms with Crippen molar-refractivity contribution in [3.63, 3.8) is 0 Å². The van der Waals surface area contributed by atoms with Crippen LogP contribution in [0.25, 0.3) is 0 Å². The van der Waals surface area contributed by atoms with Gasteiger partial charge in [0.2, 0.25) is 0 Å². The predicted octanol–water partition coefficient (Wildman–Crippen LogP) is 3.11. The lowest BCUT2D eigenvalue weighted by molar-refractivity contribution is 0.0214. The van der Waals surface area contributed by atoms with Crippen LogP contribution >= 0.6 is 0 Å². The van der Waals surface area contributed by atoms with Gasteiger partial charge in [0.25, 0.3) is 0 Å². The van der Waals surface area contributed by atoms with Gasteiger partial charge < -0.3 is 24.4 Å². The molecule has 158 valence electrons. The van der Waals surface area contributed by atoms with Gasteiger partial charge in [0.1, 0.15) is 17.6 Å². The molecule has 0 unspecified atom stereocenters. The van der Waals surface area contributed by atoms with Crippen LogP contribution in [0.2, 0.25) is 0 Å². The molecule has 1 aliphatic heterocycles. The molecule has 0 bridgehead atoms. The Labute approximate surface area is 168 Å². The van der Waals surface area contributed by atoms with Gasteiger partial charge in [-0.1, -0.05) is 5.16 Å². The molecule has 1 amide bonds. The summed E-state index contributed by atoms with van der Waals surface area (Å²) < 4.78 is 10.4. The molecule has 1 aromatic rings. The fourth-order valence-corrected chi connectivity index (χ4v) is 3.20. The first-order valence-corrected chi connectivity index (χ1v) is 10.2. The molecule has 2 rings (SSSR count). The van der Waals surface area contributed by atoms with E-state index in [0.717, 1.165) is 50.7 Å². The molecular formula is C20H35N5O3. The van der Waals surface area contributed by atoms with Crippen LogP contribution in [0, 0.1) is 5.92 Å². The third kappa shape index (κ3) is 7.05. The highest BCUT2D eigenvalue weighted by Crippen LogP contribution is 2.20. The first kappa shape index (κ1) is 22.0. The Hall–Kier alpha value is -2.25. The predicted molar refractivity (Wildman–Crippen MR) is 109 cm³/mol. The number of ether oxygens (including phenoxy) is 1. The second-order valence-electron chi connectivity index (χ2n) is 8.11. The zero-order valence-electron chi connectivity index (χ0n) is 17.9. The number of carbonyl (C=O) groups is 1. The molecule has 0 saturated carbocycles. The van der Waals surface area contributed by atoms with E-state index in [-0.39, 0.29) is 6.09 Å². The van der Waals surface area contributed by atoms with E-state index in [1.165, 1.54) is 0 Å². The number of nitrogens with zero attached hydrogens (tertiary/aromatic N) is 4. The van der Waals surface area contributed by atoms with Crippen LogP contribution < -0.4 is 5.32 Å². The van der Waals surface area contributed by atoms with E-state index in [4.69, 9.17) is 9.26 Å². The minimum atomic E-state index is -0.463. The lowest BCUT2D eigenvalue weighted by Gasteiger charge is -2.36. The van der Waals surface area contributed by atoms with E-state index < -0.39 is 5.60 Å². The Morgan fingerprint density at radius 2 is 2.11 bits per heavy atom. The van der Waals surface area contributed by atoms with Crippen molar-refractivity contribution in [3.8, 4) is 0 Å². The number of amides is 1. The average molecular weight is 394 g/mol. The van der Waals surface area contributed by atoms with Crippen molar-refractivity contribution in [3.05, 3.63) is 18.0 Å². The molecule has 1 aliphatic rings. The van der Waals surface area contributed by atoms with Crippen molar-refractivity contribution in [1.29, 1.82) is 0 Å². The molecule has 1 N–H and O–H groups in total. The lowest BCUT2D eigenvalue weighted by atomic mass is 9.96. The summed E-state index contributed by atoms with van der Waals surface area (Å²) in [4.78, 5) is 21.1. The van der Waals surface area contributed by atoms with E-state index in [0.29, 0.717) is 19.0 Å². The number of piperidine rings is 1. The third-order valence-electron chi connectivity index (χ3n) is 4.64. The summed E-state index contributed by atoms with van der Waals surface area (Å²) in [6.45, 7) is 14.3. The minimum absolute atomic E-state index is 0.222. The van der Waals surface area contributed by atoms with Crippen molar-refractivity contribution < 1.29 is 14.1 Å². The number of guanidine groups is 1. The Morgan fingerprint density at radius 1 is 1.39 bits per heavy atom. The monoisotopic (exact) mass is 393 g/mol. The van der Waals surface area contributed by atoms with Crippen molar-refractivity contribution in [2.24, 2.45) is 10.9 Å². The summed E-state index contributed by atoms with van der Waals surface area (Å²) in [7, 11) is 0. The van der Waals surface area contributed by atoms with Crippen LogP contribution in [-0.2, 0) is 11.3 Å². The van der Waals surface area contributed by atoms with Crippen LogP contribution in [0.15, 0.2) is 21.8 Å². The summed E-state index contributed by atoms with van der Waals surface area (Å²) in [5.74, 6) is 1.38. The molecule has 1 fully saturated rings. The number of hydrogen-bond donors (Lipinski definition) is 1. The molecule has 0 spiro atoms. The van der Waals surface area contributed by atoms with E-state index in [9.17, 15) is 4.79 Å². The third-order valence-corrected chi connectivity index (χ3v) is 4.64. The summed E-state index contributed by atoms with van der Waals surface area (Å²) >= 11 is 0. The van der Waals surface area contributed by atoms with Crippen LogP contribution in [0.4, 0.5) is 4.79 Å². The Bertz CT molecular complexity index is 616. The number of carbonyl (C=O) groups excluding carboxylic acids is 1. The zero-order valence-corrected chi connectivity index (χ0v) is 17.9. The largest absolute Gasteiger partial charge is 0.444 e. The second-order valence-corrected chi connectivity index (χ2v) is 8.11.